The molecule has 1 aromatic heterocycles. The van der Waals surface area contributed by atoms with Crippen LogP contribution in [0, 0.1) is 0 Å². The minimum atomic E-state index is -0.585. The molecular weight excluding hydrogens is 274 g/mol. The molecule has 0 aliphatic rings. The van der Waals surface area contributed by atoms with E-state index in [1.807, 2.05) is 0 Å². The highest BCUT2D eigenvalue weighted by molar-refractivity contribution is 5.91. The molecule has 0 spiro atoms. The third kappa shape index (κ3) is 3.62. The van der Waals surface area contributed by atoms with Crippen LogP contribution in [0.3, 0.4) is 0 Å². The van der Waals surface area contributed by atoms with Crippen LogP contribution < -0.4 is 16.2 Å². The lowest BCUT2D eigenvalue weighted by molar-refractivity contribution is 0.0520. The maximum absolute atomic E-state index is 11.5. The molecule has 0 bridgehead atoms. The molecule has 0 radical (unpaired) electrons. The third-order valence-electron chi connectivity index (χ3n) is 2.67. The van der Waals surface area contributed by atoms with Crippen molar-refractivity contribution < 1.29 is 14.3 Å². The summed E-state index contributed by atoms with van der Waals surface area (Å²) in [5, 5.41) is 7.52. The molecule has 0 amide bonds. The van der Waals surface area contributed by atoms with Gasteiger partial charge < -0.3 is 20.9 Å². The highest BCUT2D eigenvalue weighted by Gasteiger charge is 2.18. The number of nitrogens with two attached hydrogens (primary N) is 2. The maximum atomic E-state index is 11.5. The summed E-state index contributed by atoms with van der Waals surface area (Å²) in [6, 6.07) is 7.08. The number of nitrogens with zero attached hydrogens (tertiary/aromatic N) is 3. The number of carbonyl (C=O) groups is 1. The molecule has 0 saturated heterocycles. The first-order valence-corrected chi connectivity index (χ1v) is 6.46. The van der Waals surface area contributed by atoms with Gasteiger partial charge in [0.25, 0.3) is 0 Å². The van der Waals surface area contributed by atoms with Crippen molar-refractivity contribution in [1.82, 2.24) is 15.0 Å². The van der Waals surface area contributed by atoms with Gasteiger partial charge in [-0.05, 0) is 19.1 Å². The van der Waals surface area contributed by atoms with Crippen LogP contribution in [0.1, 0.15) is 17.4 Å². The van der Waals surface area contributed by atoms with Crippen LogP contribution in [-0.2, 0) is 11.3 Å². The molecule has 4 N–H and O–H groups in total. The van der Waals surface area contributed by atoms with Gasteiger partial charge in [0.1, 0.15) is 12.4 Å². The minimum Gasteiger partial charge on any atom is -0.492 e. The fourth-order valence-electron chi connectivity index (χ4n) is 1.68. The largest absolute Gasteiger partial charge is 0.492 e. The van der Waals surface area contributed by atoms with Crippen molar-refractivity contribution in [2.24, 2.45) is 0 Å². The number of nitrogen functional groups attached to an aromatic ring is 2. The molecule has 112 valence electrons. The standard InChI is InChI=1S/C13H17N5O3/c1-2-20-13(19)11-12(15)18(17-16-11)6-7-21-10-5-3-4-9(14)8-10/h3-5,8H,2,6-7,14-15H2,1H3. The molecular formula is C13H17N5O3. The van der Waals surface area contributed by atoms with Crippen molar-refractivity contribution in [3.63, 3.8) is 0 Å². The molecule has 8 nitrogen and oxygen atoms in total. The summed E-state index contributed by atoms with van der Waals surface area (Å²) in [5.74, 6) is 0.224. The molecule has 1 heterocycles. The average molecular weight is 291 g/mol. The van der Waals surface area contributed by atoms with Crippen LogP contribution in [0.5, 0.6) is 5.75 Å². The van der Waals surface area contributed by atoms with E-state index in [1.165, 1.54) is 4.68 Å². The second-order valence-corrected chi connectivity index (χ2v) is 4.19. The number of benzene rings is 1. The van der Waals surface area contributed by atoms with Crippen molar-refractivity contribution in [2.75, 3.05) is 24.7 Å². The number of esters is 1. The molecule has 8 heteroatoms. The molecule has 0 aliphatic carbocycles. The van der Waals surface area contributed by atoms with E-state index in [4.69, 9.17) is 20.9 Å². The minimum absolute atomic E-state index is 0.0146. The summed E-state index contributed by atoms with van der Waals surface area (Å²) in [5.41, 5.74) is 12.1. The van der Waals surface area contributed by atoms with E-state index in [-0.39, 0.29) is 18.1 Å². The van der Waals surface area contributed by atoms with Gasteiger partial charge >= 0.3 is 5.97 Å². The Morgan fingerprint density at radius 1 is 1.38 bits per heavy atom. The van der Waals surface area contributed by atoms with Gasteiger partial charge in [0, 0.05) is 11.8 Å². The summed E-state index contributed by atoms with van der Waals surface area (Å²) in [7, 11) is 0. The first-order valence-electron chi connectivity index (χ1n) is 6.46. The lowest BCUT2D eigenvalue weighted by Gasteiger charge is -2.07. The zero-order valence-corrected chi connectivity index (χ0v) is 11.7. The Morgan fingerprint density at radius 3 is 2.90 bits per heavy atom. The normalized spacial score (nSPS) is 10.3. The summed E-state index contributed by atoms with van der Waals surface area (Å²) in [6.07, 6.45) is 0. The summed E-state index contributed by atoms with van der Waals surface area (Å²) in [6.45, 7) is 2.63. The Balaban J connectivity index is 1.93. The molecule has 21 heavy (non-hydrogen) atoms. The van der Waals surface area contributed by atoms with Gasteiger partial charge in [0.05, 0.1) is 13.2 Å². The highest BCUT2D eigenvalue weighted by atomic mass is 16.5. The van der Waals surface area contributed by atoms with E-state index in [0.717, 1.165) is 0 Å². The molecule has 0 unspecified atom stereocenters. The number of hydrogen-bond acceptors (Lipinski definition) is 7. The molecule has 2 aromatic rings. The van der Waals surface area contributed by atoms with Crippen LogP contribution in [0.4, 0.5) is 11.5 Å². The quantitative estimate of drug-likeness (QED) is 0.594. The SMILES string of the molecule is CCOC(=O)c1nnn(CCOc2cccc(N)c2)c1N. The summed E-state index contributed by atoms with van der Waals surface area (Å²) < 4.78 is 11.7. The Kier molecular flexibility index (Phi) is 4.60. The Morgan fingerprint density at radius 2 is 2.19 bits per heavy atom. The van der Waals surface area contributed by atoms with Crippen molar-refractivity contribution in [1.29, 1.82) is 0 Å². The van der Waals surface area contributed by atoms with Gasteiger partial charge in [-0.15, -0.1) is 5.10 Å². The van der Waals surface area contributed by atoms with E-state index in [1.54, 1.807) is 31.2 Å². The fourth-order valence-corrected chi connectivity index (χ4v) is 1.68. The zero-order valence-electron chi connectivity index (χ0n) is 11.7. The molecule has 2 rings (SSSR count). The van der Waals surface area contributed by atoms with Crippen LogP contribution >= 0.6 is 0 Å². The molecule has 0 atom stereocenters. The van der Waals surface area contributed by atoms with Gasteiger partial charge in [0.15, 0.2) is 5.82 Å². The second kappa shape index (κ2) is 6.60. The van der Waals surface area contributed by atoms with Crippen molar-refractivity contribution >= 4 is 17.5 Å². The number of carbonyl (C=O) groups excluding carboxylic acids is 1. The maximum Gasteiger partial charge on any atom is 0.362 e. The van der Waals surface area contributed by atoms with Crippen LogP contribution in [0.25, 0.3) is 0 Å². The highest BCUT2D eigenvalue weighted by Crippen LogP contribution is 2.15. The van der Waals surface area contributed by atoms with E-state index >= 15 is 0 Å². The van der Waals surface area contributed by atoms with E-state index in [0.29, 0.717) is 24.6 Å². The third-order valence-corrected chi connectivity index (χ3v) is 2.67. The smallest absolute Gasteiger partial charge is 0.362 e. The summed E-state index contributed by atoms with van der Waals surface area (Å²) >= 11 is 0. The van der Waals surface area contributed by atoms with E-state index in [9.17, 15) is 4.79 Å². The fraction of sp³-hybridized carbons (Fsp3) is 0.308. The van der Waals surface area contributed by atoms with E-state index < -0.39 is 5.97 Å². The number of hydrogen-bond donors (Lipinski definition) is 2. The molecule has 0 saturated carbocycles. The topological polar surface area (TPSA) is 118 Å². The second-order valence-electron chi connectivity index (χ2n) is 4.19. The molecule has 0 fully saturated rings. The lowest BCUT2D eigenvalue weighted by atomic mass is 10.3. The van der Waals surface area contributed by atoms with Crippen molar-refractivity contribution in [3.05, 3.63) is 30.0 Å². The predicted molar refractivity (Wildman–Crippen MR) is 76.7 cm³/mol. The summed E-state index contributed by atoms with van der Waals surface area (Å²) in [4.78, 5) is 11.5. The predicted octanol–water partition coefficient (Wildman–Crippen LogP) is 0.698. The Hall–Kier alpha value is -2.77. The molecule has 0 aliphatic heterocycles. The van der Waals surface area contributed by atoms with Crippen LogP contribution in [0.2, 0.25) is 0 Å². The van der Waals surface area contributed by atoms with Crippen molar-refractivity contribution in [2.45, 2.75) is 13.5 Å². The Bertz CT molecular complexity index is 626. The zero-order chi connectivity index (χ0) is 15.2. The van der Waals surface area contributed by atoms with Gasteiger partial charge in [-0.2, -0.15) is 0 Å². The first-order chi connectivity index (χ1) is 10.1. The number of aromatic nitrogens is 3. The monoisotopic (exact) mass is 291 g/mol. The number of anilines is 2. The van der Waals surface area contributed by atoms with Crippen LogP contribution in [0.15, 0.2) is 24.3 Å². The van der Waals surface area contributed by atoms with Gasteiger partial charge in [-0.25, -0.2) is 9.48 Å². The Labute approximate surface area is 121 Å². The first kappa shape index (κ1) is 14.6. The van der Waals surface area contributed by atoms with Crippen molar-refractivity contribution in [3.8, 4) is 5.75 Å². The van der Waals surface area contributed by atoms with Gasteiger partial charge in [-0.3, -0.25) is 0 Å². The van der Waals surface area contributed by atoms with Gasteiger partial charge in [0.2, 0.25) is 5.69 Å². The van der Waals surface area contributed by atoms with E-state index in [2.05, 4.69) is 10.3 Å². The lowest BCUT2D eigenvalue weighted by Crippen LogP contribution is -2.13. The molecule has 1 aromatic carbocycles. The van der Waals surface area contributed by atoms with Gasteiger partial charge in [-0.1, -0.05) is 11.3 Å². The number of rotatable bonds is 6. The average Bonchev–Trinajstić information content (AvgIpc) is 2.81. The number of ether oxygens (including phenoxy) is 2. The van der Waals surface area contributed by atoms with Crippen LogP contribution in [-0.4, -0.2) is 34.2 Å².